The van der Waals surface area contributed by atoms with Gasteiger partial charge in [0.2, 0.25) is 11.8 Å². The summed E-state index contributed by atoms with van der Waals surface area (Å²) in [5.41, 5.74) is 6.87. The topological polar surface area (TPSA) is 90.0 Å². The Morgan fingerprint density at radius 3 is 2.32 bits per heavy atom. The Morgan fingerprint density at radius 2 is 1.51 bits per heavy atom. The molecular weight excluding hydrogens is 516 g/mol. The van der Waals surface area contributed by atoms with E-state index in [2.05, 4.69) is 34.5 Å². The lowest BCUT2D eigenvalue weighted by atomic mass is 9.87. The fraction of sp³-hybridized carbons (Fsp3) is 0.333. The van der Waals surface area contributed by atoms with Crippen molar-refractivity contribution in [2.45, 2.75) is 57.3 Å². The SMILES string of the molecule is O=C1CCC(N2Cc3cc(C4CCN(Cc5ccccc5N5Cc6ccccc6C5=O)CC4)ccc3C2=O)C(=O)N1. The summed E-state index contributed by atoms with van der Waals surface area (Å²) in [6, 6.07) is 21.6. The van der Waals surface area contributed by atoms with Gasteiger partial charge in [0.05, 0.1) is 6.54 Å². The molecule has 41 heavy (non-hydrogen) atoms. The maximum Gasteiger partial charge on any atom is 0.258 e. The van der Waals surface area contributed by atoms with Gasteiger partial charge in [-0.3, -0.25) is 29.4 Å². The number of amides is 4. The smallest absolute Gasteiger partial charge is 0.258 e. The highest BCUT2D eigenvalue weighted by Gasteiger charge is 2.39. The van der Waals surface area contributed by atoms with E-state index in [0.717, 1.165) is 60.4 Å². The van der Waals surface area contributed by atoms with Crippen LogP contribution in [0.5, 0.6) is 0 Å². The molecule has 0 spiro atoms. The van der Waals surface area contributed by atoms with Gasteiger partial charge in [0, 0.05) is 36.3 Å². The summed E-state index contributed by atoms with van der Waals surface area (Å²) in [6.07, 6.45) is 2.66. The van der Waals surface area contributed by atoms with Crippen molar-refractivity contribution in [3.63, 3.8) is 0 Å². The fourth-order valence-corrected chi connectivity index (χ4v) is 6.87. The van der Waals surface area contributed by atoms with E-state index in [9.17, 15) is 19.2 Å². The number of benzene rings is 3. The monoisotopic (exact) mass is 548 g/mol. The molecule has 0 aliphatic carbocycles. The summed E-state index contributed by atoms with van der Waals surface area (Å²) in [4.78, 5) is 56.1. The van der Waals surface area contributed by atoms with Crippen LogP contribution in [0.3, 0.4) is 0 Å². The third kappa shape index (κ3) is 4.62. The second-order valence-electron chi connectivity index (χ2n) is 11.5. The van der Waals surface area contributed by atoms with Crippen LogP contribution in [0.1, 0.15) is 74.6 Å². The number of hydrogen-bond acceptors (Lipinski definition) is 5. The van der Waals surface area contributed by atoms with Gasteiger partial charge >= 0.3 is 0 Å². The van der Waals surface area contributed by atoms with Gasteiger partial charge in [-0.15, -0.1) is 0 Å². The first-order valence-corrected chi connectivity index (χ1v) is 14.4. The van der Waals surface area contributed by atoms with Crippen molar-refractivity contribution < 1.29 is 19.2 Å². The molecule has 4 amide bonds. The minimum absolute atomic E-state index is 0.0676. The van der Waals surface area contributed by atoms with Crippen molar-refractivity contribution in [1.82, 2.24) is 15.1 Å². The van der Waals surface area contributed by atoms with Gasteiger partial charge in [-0.05, 0) is 78.7 Å². The van der Waals surface area contributed by atoms with E-state index >= 15 is 0 Å². The van der Waals surface area contributed by atoms with Gasteiger partial charge in [0.25, 0.3) is 11.8 Å². The Bertz CT molecular complexity index is 1570. The molecule has 4 heterocycles. The van der Waals surface area contributed by atoms with Gasteiger partial charge in [0.1, 0.15) is 6.04 Å². The highest BCUT2D eigenvalue weighted by atomic mass is 16.2. The molecule has 2 saturated heterocycles. The minimum Gasteiger partial charge on any atom is -0.322 e. The number of nitrogens with one attached hydrogen (secondary N) is 1. The summed E-state index contributed by atoms with van der Waals surface area (Å²) in [7, 11) is 0. The highest BCUT2D eigenvalue weighted by molar-refractivity contribution is 6.10. The van der Waals surface area contributed by atoms with Crippen LogP contribution in [-0.2, 0) is 29.2 Å². The van der Waals surface area contributed by atoms with Crippen LogP contribution in [0.15, 0.2) is 66.7 Å². The van der Waals surface area contributed by atoms with Crippen LogP contribution in [-0.4, -0.2) is 52.6 Å². The zero-order valence-electron chi connectivity index (χ0n) is 22.8. The molecular formula is C33H32N4O4. The predicted molar refractivity (Wildman–Crippen MR) is 153 cm³/mol. The van der Waals surface area contributed by atoms with E-state index < -0.39 is 6.04 Å². The quantitative estimate of drug-likeness (QED) is 0.487. The summed E-state index contributed by atoms with van der Waals surface area (Å²) >= 11 is 0. The van der Waals surface area contributed by atoms with Crippen LogP contribution in [0.25, 0.3) is 0 Å². The zero-order valence-corrected chi connectivity index (χ0v) is 22.8. The van der Waals surface area contributed by atoms with Gasteiger partial charge in [-0.2, -0.15) is 0 Å². The van der Waals surface area contributed by atoms with Gasteiger partial charge in [-0.1, -0.05) is 48.5 Å². The maximum atomic E-state index is 13.1. The second kappa shape index (κ2) is 10.3. The molecule has 4 aliphatic heterocycles. The van der Waals surface area contributed by atoms with Crippen LogP contribution < -0.4 is 10.2 Å². The Morgan fingerprint density at radius 1 is 0.756 bits per heavy atom. The minimum atomic E-state index is -0.591. The van der Waals surface area contributed by atoms with Crippen molar-refractivity contribution in [3.05, 3.63) is 100 Å². The lowest BCUT2D eigenvalue weighted by molar-refractivity contribution is -0.136. The highest BCUT2D eigenvalue weighted by Crippen LogP contribution is 2.35. The molecule has 7 rings (SSSR count). The van der Waals surface area contributed by atoms with Crippen LogP contribution >= 0.6 is 0 Å². The number of carbonyl (C=O) groups excluding carboxylic acids is 4. The van der Waals surface area contributed by atoms with E-state index in [1.165, 1.54) is 5.56 Å². The molecule has 0 radical (unpaired) electrons. The number of para-hydroxylation sites is 1. The number of likely N-dealkylation sites (tertiary alicyclic amines) is 1. The Labute approximate surface area is 238 Å². The molecule has 2 fully saturated rings. The average Bonchev–Trinajstić information content (AvgIpc) is 3.50. The van der Waals surface area contributed by atoms with Crippen LogP contribution in [0, 0.1) is 0 Å². The molecule has 0 aromatic heterocycles. The Hall–Kier alpha value is -4.30. The maximum absolute atomic E-state index is 13.1. The largest absolute Gasteiger partial charge is 0.322 e. The average molecular weight is 549 g/mol. The molecule has 0 bridgehead atoms. The third-order valence-corrected chi connectivity index (χ3v) is 9.10. The van der Waals surface area contributed by atoms with Gasteiger partial charge in [-0.25, -0.2) is 0 Å². The summed E-state index contributed by atoms with van der Waals surface area (Å²) in [6.45, 7) is 3.71. The number of anilines is 1. The molecule has 3 aromatic rings. The first-order chi connectivity index (χ1) is 20.0. The molecule has 8 heteroatoms. The number of piperidine rings is 2. The van der Waals surface area contributed by atoms with Gasteiger partial charge < -0.3 is 9.80 Å². The van der Waals surface area contributed by atoms with E-state index in [1.54, 1.807) is 4.90 Å². The summed E-state index contributed by atoms with van der Waals surface area (Å²) in [5.74, 6) is -0.314. The van der Waals surface area contributed by atoms with Crippen molar-refractivity contribution >= 4 is 29.3 Å². The molecule has 0 saturated carbocycles. The van der Waals surface area contributed by atoms with Crippen molar-refractivity contribution in [2.24, 2.45) is 0 Å². The first kappa shape index (κ1) is 25.7. The van der Waals surface area contributed by atoms with Crippen LogP contribution in [0.2, 0.25) is 0 Å². The molecule has 1 unspecified atom stereocenters. The van der Waals surface area contributed by atoms with Crippen molar-refractivity contribution in [1.29, 1.82) is 0 Å². The second-order valence-corrected chi connectivity index (χ2v) is 11.5. The summed E-state index contributed by atoms with van der Waals surface area (Å²) in [5, 5.41) is 2.37. The summed E-state index contributed by atoms with van der Waals surface area (Å²) < 4.78 is 0. The lowest BCUT2D eigenvalue weighted by Gasteiger charge is -2.33. The molecule has 8 nitrogen and oxygen atoms in total. The Kier molecular flexibility index (Phi) is 6.43. The third-order valence-electron chi connectivity index (χ3n) is 9.10. The van der Waals surface area contributed by atoms with E-state index in [4.69, 9.17) is 0 Å². The van der Waals surface area contributed by atoms with E-state index in [0.29, 0.717) is 31.0 Å². The van der Waals surface area contributed by atoms with Crippen LogP contribution in [0.4, 0.5) is 5.69 Å². The zero-order chi connectivity index (χ0) is 28.1. The van der Waals surface area contributed by atoms with Gasteiger partial charge in [0.15, 0.2) is 0 Å². The first-order valence-electron chi connectivity index (χ1n) is 14.4. The number of carbonyl (C=O) groups is 4. The predicted octanol–water partition coefficient (Wildman–Crippen LogP) is 3.99. The number of imide groups is 1. The number of nitrogens with zero attached hydrogens (tertiary/aromatic N) is 3. The van der Waals surface area contributed by atoms with E-state index in [-0.39, 0.29) is 30.0 Å². The van der Waals surface area contributed by atoms with Crippen molar-refractivity contribution in [3.8, 4) is 0 Å². The molecule has 1 N–H and O–H groups in total. The fourth-order valence-electron chi connectivity index (χ4n) is 6.87. The number of hydrogen-bond donors (Lipinski definition) is 1. The normalized spacial score (nSPS) is 21.3. The number of rotatable bonds is 5. The van der Waals surface area contributed by atoms with Crippen molar-refractivity contribution in [2.75, 3.05) is 18.0 Å². The number of fused-ring (bicyclic) bond motifs is 2. The molecule has 208 valence electrons. The lowest BCUT2D eigenvalue weighted by Crippen LogP contribution is -2.52. The standard InChI is InChI=1S/C33H32N4O4/c38-30-12-11-29(31(39)34-30)37-20-25-17-22(9-10-27(25)33(37)41)21-13-15-35(16-14-21)18-24-6-2-4-8-28(24)36-19-23-5-1-3-7-26(23)32(36)40/h1-10,17,21,29H,11-16,18-20H2,(H,34,38,39). The Balaban J connectivity index is 1.00. The van der Waals surface area contributed by atoms with E-state index in [1.807, 2.05) is 47.4 Å². The molecule has 4 aliphatic rings. The molecule has 1 atom stereocenters. The molecule has 3 aromatic carbocycles.